The number of rotatable bonds is 7. The fraction of sp³-hybridized carbons (Fsp3) is 0.278. The van der Waals surface area contributed by atoms with Gasteiger partial charge in [-0.2, -0.15) is 13.2 Å². The Kier molecular flexibility index (Phi) is 6.57. The summed E-state index contributed by atoms with van der Waals surface area (Å²) in [6, 6.07) is 9.16. The summed E-state index contributed by atoms with van der Waals surface area (Å²) in [6.07, 6.45) is -4.50. The summed E-state index contributed by atoms with van der Waals surface area (Å²) < 4.78 is 57.5. The summed E-state index contributed by atoms with van der Waals surface area (Å²) >= 11 is 0. The van der Waals surface area contributed by atoms with E-state index in [2.05, 4.69) is 10.6 Å². The van der Waals surface area contributed by atoms with Crippen molar-refractivity contribution in [3.8, 4) is 5.75 Å². The number of nitrogens with one attached hydrogen (secondary N) is 2. The lowest BCUT2D eigenvalue weighted by atomic mass is 10.0. The number of alkyl halides is 3. The van der Waals surface area contributed by atoms with Gasteiger partial charge in [-0.1, -0.05) is 18.2 Å². The van der Waals surface area contributed by atoms with Crippen molar-refractivity contribution in [1.29, 1.82) is 0 Å². The van der Waals surface area contributed by atoms with Crippen LogP contribution in [0.5, 0.6) is 5.75 Å². The molecule has 0 spiro atoms. The van der Waals surface area contributed by atoms with E-state index >= 15 is 0 Å². The van der Waals surface area contributed by atoms with Crippen LogP contribution in [0.3, 0.4) is 0 Å². The second kappa shape index (κ2) is 8.66. The lowest BCUT2D eigenvalue weighted by Crippen LogP contribution is -2.37. The van der Waals surface area contributed by atoms with Gasteiger partial charge >= 0.3 is 6.18 Å². The molecule has 0 heterocycles. The Bertz CT molecular complexity index is 750. The maximum absolute atomic E-state index is 13.2. The third-order valence-electron chi connectivity index (χ3n) is 3.50. The standard InChI is InChI=1S/C18H18F4N2O2/c1-23-10-17(25)24-16(11-26-15-7-3-6-14(19)9-15)12-4-2-5-13(8-12)18(20,21)22/h2-9,16,23H,10-11H2,1H3,(H,24,25). The molecule has 0 fully saturated rings. The first-order valence-electron chi connectivity index (χ1n) is 7.79. The number of carbonyl (C=O) groups excluding carboxylic acids is 1. The second-order valence-corrected chi connectivity index (χ2v) is 5.54. The molecule has 2 N–H and O–H groups in total. The van der Waals surface area contributed by atoms with Crippen LogP contribution in [0.15, 0.2) is 48.5 Å². The molecule has 26 heavy (non-hydrogen) atoms. The van der Waals surface area contributed by atoms with Crippen LogP contribution in [0, 0.1) is 5.82 Å². The van der Waals surface area contributed by atoms with Crippen molar-refractivity contribution in [1.82, 2.24) is 10.6 Å². The number of benzene rings is 2. The van der Waals surface area contributed by atoms with Gasteiger partial charge in [0.25, 0.3) is 0 Å². The quantitative estimate of drug-likeness (QED) is 0.736. The van der Waals surface area contributed by atoms with E-state index in [0.717, 1.165) is 18.2 Å². The van der Waals surface area contributed by atoms with Crippen LogP contribution in [0.4, 0.5) is 17.6 Å². The molecule has 140 valence electrons. The molecule has 0 aliphatic carbocycles. The molecule has 8 heteroatoms. The average molecular weight is 370 g/mol. The Hall–Kier alpha value is -2.61. The summed E-state index contributed by atoms with van der Waals surface area (Å²) in [5.41, 5.74) is -0.589. The topological polar surface area (TPSA) is 50.4 Å². The monoisotopic (exact) mass is 370 g/mol. The largest absolute Gasteiger partial charge is 0.491 e. The van der Waals surface area contributed by atoms with E-state index in [1.165, 1.54) is 30.3 Å². The van der Waals surface area contributed by atoms with Crippen LogP contribution < -0.4 is 15.4 Å². The summed E-state index contributed by atoms with van der Waals surface area (Å²) in [7, 11) is 1.57. The second-order valence-electron chi connectivity index (χ2n) is 5.54. The Labute approximate surface area is 148 Å². The van der Waals surface area contributed by atoms with Crippen molar-refractivity contribution in [2.45, 2.75) is 12.2 Å². The Balaban J connectivity index is 2.21. The van der Waals surface area contributed by atoms with Gasteiger partial charge in [-0.3, -0.25) is 4.79 Å². The molecule has 0 bridgehead atoms. The van der Waals surface area contributed by atoms with Gasteiger partial charge in [0.05, 0.1) is 18.2 Å². The van der Waals surface area contributed by atoms with Gasteiger partial charge in [-0.05, 0) is 36.9 Å². The van der Waals surface area contributed by atoms with Crippen molar-refractivity contribution in [3.05, 3.63) is 65.5 Å². The summed E-state index contributed by atoms with van der Waals surface area (Å²) in [6.45, 7) is -0.157. The first kappa shape index (κ1) is 19.7. The van der Waals surface area contributed by atoms with E-state index in [4.69, 9.17) is 4.74 Å². The first-order valence-corrected chi connectivity index (χ1v) is 7.79. The molecule has 0 saturated carbocycles. The van der Waals surface area contributed by atoms with Crippen molar-refractivity contribution >= 4 is 5.91 Å². The zero-order valence-electron chi connectivity index (χ0n) is 13.9. The minimum absolute atomic E-state index is 0.00454. The van der Waals surface area contributed by atoms with Gasteiger partial charge in [0.1, 0.15) is 18.2 Å². The predicted octanol–water partition coefficient (Wildman–Crippen LogP) is 3.30. The molecule has 1 unspecified atom stereocenters. The molecule has 1 atom stereocenters. The highest BCUT2D eigenvalue weighted by Crippen LogP contribution is 2.31. The van der Waals surface area contributed by atoms with E-state index in [-0.39, 0.29) is 24.5 Å². The van der Waals surface area contributed by atoms with Crippen LogP contribution in [-0.4, -0.2) is 26.1 Å². The normalized spacial score (nSPS) is 12.5. The molecular formula is C18H18F4N2O2. The molecule has 2 aromatic rings. The Morgan fingerprint density at radius 2 is 1.88 bits per heavy atom. The molecule has 1 amide bonds. The number of likely N-dealkylation sites (N-methyl/N-ethyl adjacent to an activating group) is 1. The van der Waals surface area contributed by atoms with Gasteiger partial charge in [0.2, 0.25) is 5.91 Å². The van der Waals surface area contributed by atoms with E-state index in [1.807, 2.05) is 0 Å². The van der Waals surface area contributed by atoms with E-state index in [1.54, 1.807) is 7.05 Å². The summed E-state index contributed by atoms with van der Waals surface area (Å²) in [5, 5.41) is 5.27. The zero-order chi connectivity index (χ0) is 19.2. The molecule has 0 aliphatic heterocycles. The highest BCUT2D eigenvalue weighted by Gasteiger charge is 2.31. The number of ether oxygens (including phenoxy) is 1. The molecule has 4 nitrogen and oxygen atoms in total. The van der Waals surface area contributed by atoms with Crippen LogP contribution in [0.2, 0.25) is 0 Å². The predicted molar refractivity (Wildman–Crippen MR) is 88.1 cm³/mol. The van der Waals surface area contributed by atoms with Crippen molar-refractivity contribution in [2.24, 2.45) is 0 Å². The molecule has 0 saturated heterocycles. The third kappa shape index (κ3) is 5.73. The van der Waals surface area contributed by atoms with E-state index in [9.17, 15) is 22.4 Å². The minimum atomic E-state index is -4.50. The van der Waals surface area contributed by atoms with Gasteiger partial charge in [-0.15, -0.1) is 0 Å². The molecule has 2 aromatic carbocycles. The number of hydrogen-bond acceptors (Lipinski definition) is 3. The van der Waals surface area contributed by atoms with Crippen molar-refractivity contribution in [3.63, 3.8) is 0 Å². The van der Waals surface area contributed by atoms with Crippen LogP contribution >= 0.6 is 0 Å². The molecule has 2 rings (SSSR count). The highest BCUT2D eigenvalue weighted by molar-refractivity contribution is 5.78. The fourth-order valence-corrected chi connectivity index (χ4v) is 2.30. The van der Waals surface area contributed by atoms with Crippen molar-refractivity contribution < 1.29 is 27.1 Å². The maximum Gasteiger partial charge on any atom is 0.416 e. The van der Waals surface area contributed by atoms with Gasteiger partial charge < -0.3 is 15.4 Å². The molecular weight excluding hydrogens is 352 g/mol. The van der Waals surface area contributed by atoms with Crippen molar-refractivity contribution in [2.75, 3.05) is 20.2 Å². The van der Waals surface area contributed by atoms with E-state index < -0.39 is 29.5 Å². The summed E-state index contributed by atoms with van der Waals surface area (Å²) in [4.78, 5) is 11.9. The lowest BCUT2D eigenvalue weighted by molar-refractivity contribution is -0.137. The number of halogens is 4. The smallest absolute Gasteiger partial charge is 0.416 e. The van der Waals surface area contributed by atoms with Crippen LogP contribution in [0.25, 0.3) is 0 Å². The zero-order valence-corrected chi connectivity index (χ0v) is 13.9. The summed E-state index contributed by atoms with van der Waals surface area (Å²) in [5.74, 6) is -0.695. The average Bonchev–Trinajstić information content (AvgIpc) is 2.58. The molecule has 0 aliphatic rings. The van der Waals surface area contributed by atoms with Gasteiger partial charge in [0.15, 0.2) is 0 Å². The van der Waals surface area contributed by atoms with E-state index in [0.29, 0.717) is 0 Å². The molecule has 0 aromatic heterocycles. The van der Waals surface area contributed by atoms with Crippen LogP contribution in [-0.2, 0) is 11.0 Å². The minimum Gasteiger partial charge on any atom is -0.491 e. The van der Waals surface area contributed by atoms with Gasteiger partial charge in [-0.25, -0.2) is 4.39 Å². The Morgan fingerprint density at radius 1 is 1.15 bits per heavy atom. The number of hydrogen-bond donors (Lipinski definition) is 2. The third-order valence-corrected chi connectivity index (χ3v) is 3.50. The number of amides is 1. The van der Waals surface area contributed by atoms with Crippen LogP contribution in [0.1, 0.15) is 17.2 Å². The maximum atomic E-state index is 13.2. The SMILES string of the molecule is CNCC(=O)NC(COc1cccc(F)c1)c1cccc(C(F)(F)F)c1. The lowest BCUT2D eigenvalue weighted by Gasteiger charge is -2.21. The molecule has 0 radical (unpaired) electrons. The first-order chi connectivity index (χ1) is 12.3. The Morgan fingerprint density at radius 3 is 2.54 bits per heavy atom. The fourth-order valence-electron chi connectivity index (χ4n) is 2.30. The highest BCUT2D eigenvalue weighted by atomic mass is 19.4. The number of carbonyl (C=O) groups is 1. The van der Waals surface area contributed by atoms with Gasteiger partial charge in [0, 0.05) is 6.07 Å².